The van der Waals surface area contributed by atoms with Crippen molar-refractivity contribution < 1.29 is 19.4 Å². The number of nitrogens with zero attached hydrogens (tertiary/aromatic N) is 3. The molecule has 0 spiro atoms. The number of carbonyl (C=O) groups is 1. The van der Waals surface area contributed by atoms with Gasteiger partial charge in [0.1, 0.15) is 5.69 Å². The van der Waals surface area contributed by atoms with Crippen molar-refractivity contribution in [1.82, 2.24) is 0 Å². The van der Waals surface area contributed by atoms with Crippen molar-refractivity contribution in [3.05, 3.63) is 121 Å². The monoisotopic (exact) mass is 566 g/mol. The van der Waals surface area contributed by atoms with Crippen molar-refractivity contribution in [3.8, 4) is 0 Å². The lowest BCUT2D eigenvalue weighted by molar-refractivity contribution is -0.393. The number of methoxy groups -OCH3 is 1. The maximum Gasteiger partial charge on any atom is 0.330 e. The Morgan fingerprint density at radius 1 is 1.03 bits per heavy atom. The molecule has 0 aliphatic carbocycles. The van der Waals surface area contributed by atoms with Gasteiger partial charge in [0.05, 0.1) is 23.0 Å². The summed E-state index contributed by atoms with van der Waals surface area (Å²) in [4.78, 5) is 32.8. The Hall–Kier alpha value is -4.38. The minimum Gasteiger partial charge on any atom is -0.466 e. The summed E-state index contributed by atoms with van der Waals surface area (Å²) in [5.41, 5.74) is 3.76. The van der Waals surface area contributed by atoms with Gasteiger partial charge in [0.15, 0.2) is 0 Å². The lowest BCUT2D eigenvalue weighted by atomic mass is 9.79. The van der Waals surface area contributed by atoms with Gasteiger partial charge in [-0.3, -0.25) is 25.7 Å². The van der Waals surface area contributed by atoms with E-state index in [1.165, 1.54) is 25.3 Å². The second-order valence-corrected chi connectivity index (χ2v) is 8.77. The number of rotatable bonds is 11. The zero-order valence-corrected chi connectivity index (χ0v) is 21.3. The topological polar surface area (TPSA) is 137 Å². The third-order valence-corrected chi connectivity index (χ3v) is 6.11. The lowest BCUT2D eigenvalue weighted by Crippen LogP contribution is -2.12. The van der Waals surface area contributed by atoms with E-state index >= 15 is 0 Å². The van der Waals surface area contributed by atoms with Gasteiger partial charge in [-0.25, -0.2) is 4.79 Å². The van der Waals surface area contributed by atoms with Crippen LogP contribution in [0.4, 0.5) is 17.1 Å². The molecule has 190 valence electrons. The second-order valence-electron chi connectivity index (χ2n) is 7.85. The van der Waals surface area contributed by atoms with Crippen LogP contribution in [0, 0.1) is 20.2 Å². The summed E-state index contributed by atoms with van der Waals surface area (Å²) in [5, 5.41) is 26.5. The van der Waals surface area contributed by atoms with Crippen molar-refractivity contribution in [1.29, 1.82) is 0 Å². The molecule has 0 saturated heterocycles. The lowest BCUT2D eigenvalue weighted by Gasteiger charge is -2.25. The van der Waals surface area contributed by atoms with Gasteiger partial charge in [-0.2, -0.15) is 5.10 Å². The van der Waals surface area contributed by atoms with Gasteiger partial charge in [0.2, 0.25) is 0 Å². The highest BCUT2D eigenvalue weighted by Gasteiger charge is 2.23. The Morgan fingerprint density at radius 2 is 1.73 bits per heavy atom. The van der Waals surface area contributed by atoms with Crippen LogP contribution < -0.4 is 5.43 Å². The maximum absolute atomic E-state index is 11.9. The van der Waals surface area contributed by atoms with Crippen LogP contribution in [0.2, 0.25) is 0 Å². The average molecular weight is 567 g/mol. The molecule has 2 atom stereocenters. The standard InChI is InChI=1S/C26H23BrN4O6/c1-37-26(32)14-12-22(19-7-9-20(27)10-8-19)23(18-5-3-2-4-6-18)15-16-28-29-24-13-11-21(30(33)34)17-25(24)31(35)36/h2-14,16-17,22-23,29H,15H2,1H3/b14-12+,28-16+/t22-,23-/m1/s1. The predicted octanol–water partition coefficient (Wildman–Crippen LogP) is 6.35. The molecular formula is C26H23BrN4O6. The fourth-order valence-electron chi connectivity index (χ4n) is 3.76. The first-order valence-electron chi connectivity index (χ1n) is 11.1. The number of benzene rings is 3. The smallest absolute Gasteiger partial charge is 0.330 e. The van der Waals surface area contributed by atoms with E-state index in [2.05, 4.69) is 26.5 Å². The van der Waals surface area contributed by atoms with Crippen LogP contribution in [-0.4, -0.2) is 29.1 Å². The zero-order valence-electron chi connectivity index (χ0n) is 19.7. The van der Waals surface area contributed by atoms with E-state index in [9.17, 15) is 25.0 Å². The molecule has 0 heterocycles. The number of hydrogen-bond acceptors (Lipinski definition) is 8. The molecule has 11 heteroatoms. The molecule has 3 aromatic rings. The van der Waals surface area contributed by atoms with Crippen molar-refractivity contribution in [3.63, 3.8) is 0 Å². The van der Waals surface area contributed by atoms with Gasteiger partial charge < -0.3 is 4.74 Å². The third kappa shape index (κ3) is 7.55. The summed E-state index contributed by atoms with van der Waals surface area (Å²) in [6.45, 7) is 0. The number of halogens is 1. The quantitative estimate of drug-likeness (QED) is 0.0937. The van der Waals surface area contributed by atoms with Crippen LogP contribution in [0.1, 0.15) is 29.4 Å². The second kappa shape index (κ2) is 13.1. The fraction of sp³-hybridized carbons (Fsp3) is 0.154. The number of anilines is 1. The summed E-state index contributed by atoms with van der Waals surface area (Å²) < 4.78 is 5.69. The molecule has 0 fully saturated rings. The molecule has 0 amide bonds. The number of esters is 1. The number of ether oxygens (including phenoxy) is 1. The largest absolute Gasteiger partial charge is 0.466 e. The van der Waals surface area contributed by atoms with Crippen molar-refractivity contribution in [2.24, 2.45) is 5.10 Å². The normalized spacial score (nSPS) is 12.8. The van der Waals surface area contributed by atoms with E-state index in [1.54, 1.807) is 12.3 Å². The number of nitro groups is 2. The average Bonchev–Trinajstić information content (AvgIpc) is 2.90. The van der Waals surface area contributed by atoms with E-state index in [0.717, 1.165) is 21.7 Å². The number of non-ortho nitro benzene ring substituents is 1. The Bertz CT molecular complexity index is 1310. The van der Waals surface area contributed by atoms with Gasteiger partial charge in [-0.1, -0.05) is 64.5 Å². The summed E-state index contributed by atoms with van der Waals surface area (Å²) in [5.74, 6) is -0.856. The molecule has 0 unspecified atom stereocenters. The van der Waals surface area contributed by atoms with Crippen LogP contribution >= 0.6 is 15.9 Å². The molecule has 0 aliphatic rings. The molecule has 0 aliphatic heterocycles. The molecule has 10 nitrogen and oxygen atoms in total. The fourth-order valence-corrected chi connectivity index (χ4v) is 4.03. The highest BCUT2D eigenvalue weighted by molar-refractivity contribution is 9.10. The minimum atomic E-state index is -0.710. The Labute approximate surface area is 221 Å². The molecule has 0 saturated carbocycles. The van der Waals surface area contributed by atoms with Crippen LogP contribution in [0.5, 0.6) is 0 Å². The van der Waals surface area contributed by atoms with Gasteiger partial charge in [0.25, 0.3) is 5.69 Å². The molecule has 0 bridgehead atoms. The summed E-state index contributed by atoms with van der Waals surface area (Å²) >= 11 is 3.44. The van der Waals surface area contributed by atoms with Crippen molar-refractivity contribution >= 4 is 45.2 Å². The summed E-state index contributed by atoms with van der Waals surface area (Å²) in [7, 11) is 1.31. The highest BCUT2D eigenvalue weighted by atomic mass is 79.9. The molecular weight excluding hydrogens is 544 g/mol. The zero-order chi connectivity index (χ0) is 26.8. The maximum atomic E-state index is 11.9. The van der Waals surface area contributed by atoms with Gasteiger partial charge in [0, 0.05) is 28.7 Å². The van der Waals surface area contributed by atoms with Gasteiger partial charge in [-0.15, -0.1) is 0 Å². The first kappa shape index (κ1) is 27.2. The van der Waals surface area contributed by atoms with E-state index in [0.29, 0.717) is 6.42 Å². The molecule has 1 N–H and O–H groups in total. The number of nitro benzene ring substituents is 2. The number of hydrazone groups is 1. The Balaban J connectivity index is 1.91. The number of allylic oxidation sites excluding steroid dienone is 1. The highest BCUT2D eigenvalue weighted by Crippen LogP contribution is 2.37. The van der Waals surface area contributed by atoms with Gasteiger partial charge in [-0.05, 0) is 41.7 Å². The third-order valence-electron chi connectivity index (χ3n) is 5.58. The Morgan fingerprint density at radius 3 is 2.35 bits per heavy atom. The summed E-state index contributed by atoms with van der Waals surface area (Å²) in [6, 6.07) is 20.7. The SMILES string of the molecule is COC(=O)/C=C/[C@H](c1ccc(Br)cc1)[C@H](C/C=N/Nc1ccc([N+](=O)[O-])cc1[N+](=O)[O-])c1ccccc1. The molecule has 3 aromatic carbocycles. The van der Waals surface area contributed by atoms with Crippen molar-refractivity contribution in [2.45, 2.75) is 18.3 Å². The predicted molar refractivity (Wildman–Crippen MR) is 144 cm³/mol. The van der Waals surface area contributed by atoms with Crippen LogP contribution in [-0.2, 0) is 9.53 Å². The molecule has 37 heavy (non-hydrogen) atoms. The van der Waals surface area contributed by atoms with Crippen molar-refractivity contribution in [2.75, 3.05) is 12.5 Å². The van der Waals surface area contributed by atoms with Gasteiger partial charge >= 0.3 is 11.7 Å². The van der Waals surface area contributed by atoms with E-state index in [-0.39, 0.29) is 23.2 Å². The Kier molecular flexibility index (Phi) is 9.61. The number of nitrogens with one attached hydrogen (secondary N) is 1. The van der Waals surface area contributed by atoms with Crippen LogP contribution in [0.15, 0.2) is 94.5 Å². The number of carbonyl (C=O) groups excluding carboxylic acids is 1. The van der Waals surface area contributed by atoms with Crippen LogP contribution in [0.3, 0.4) is 0 Å². The minimum absolute atomic E-state index is 0.0261. The summed E-state index contributed by atoms with van der Waals surface area (Å²) in [6.07, 6.45) is 5.16. The molecule has 0 radical (unpaired) electrons. The molecule has 3 rings (SSSR count). The van der Waals surface area contributed by atoms with E-state index in [1.807, 2.05) is 54.6 Å². The first-order valence-corrected chi connectivity index (χ1v) is 11.9. The van der Waals surface area contributed by atoms with E-state index in [4.69, 9.17) is 4.74 Å². The van der Waals surface area contributed by atoms with Crippen LogP contribution in [0.25, 0.3) is 0 Å². The van der Waals surface area contributed by atoms with E-state index < -0.39 is 21.5 Å². The number of hydrogen-bond donors (Lipinski definition) is 1. The first-order chi connectivity index (χ1) is 17.8. The molecule has 0 aromatic heterocycles.